The third kappa shape index (κ3) is 8.44. The molecular weight excluding hydrogens is 546 g/mol. The second-order valence-electron chi connectivity index (χ2n) is 9.65. The summed E-state index contributed by atoms with van der Waals surface area (Å²) in [6.07, 6.45) is -9.34. The van der Waals surface area contributed by atoms with Crippen molar-refractivity contribution in [3.8, 4) is 0 Å². The number of nitrogens with one attached hydrogen (secondary N) is 1. The number of likely N-dealkylation sites (tertiary alicyclic amines) is 1. The first-order chi connectivity index (χ1) is 18.6. The number of benzene rings is 2. The highest BCUT2D eigenvalue weighted by Gasteiger charge is 2.39. The van der Waals surface area contributed by atoms with Gasteiger partial charge < -0.3 is 14.7 Å². The largest absolute Gasteiger partial charge is 0.480 e. The van der Waals surface area contributed by atoms with E-state index in [4.69, 9.17) is 9.84 Å². The molecule has 40 heavy (non-hydrogen) atoms. The monoisotopic (exact) mass is 574 g/mol. The van der Waals surface area contributed by atoms with Gasteiger partial charge in [-0.25, -0.2) is 0 Å². The molecule has 3 rings (SSSR count). The van der Waals surface area contributed by atoms with Crippen LogP contribution in [0.1, 0.15) is 46.8 Å². The van der Waals surface area contributed by atoms with Crippen LogP contribution in [0.2, 0.25) is 0 Å². The summed E-state index contributed by atoms with van der Waals surface area (Å²) in [6, 6.07) is 8.13. The Morgan fingerprint density at radius 3 is 2.17 bits per heavy atom. The Balaban J connectivity index is 1.80. The zero-order valence-corrected chi connectivity index (χ0v) is 21.4. The topological polar surface area (TPSA) is 95.9 Å². The number of carbonyl (C=O) groups excluding carboxylic acids is 2. The molecule has 13 heteroatoms. The Morgan fingerprint density at radius 2 is 1.62 bits per heavy atom. The Morgan fingerprint density at radius 1 is 1.02 bits per heavy atom. The summed E-state index contributed by atoms with van der Waals surface area (Å²) in [5, 5.41) is 11.4. The van der Waals surface area contributed by atoms with Gasteiger partial charge in [-0.15, -0.1) is 0 Å². The molecule has 0 radical (unpaired) electrons. The van der Waals surface area contributed by atoms with Crippen molar-refractivity contribution in [2.75, 3.05) is 19.7 Å². The first-order valence-electron chi connectivity index (χ1n) is 12.4. The van der Waals surface area contributed by atoms with E-state index in [1.54, 1.807) is 30.3 Å². The van der Waals surface area contributed by atoms with Crippen molar-refractivity contribution in [1.82, 2.24) is 10.2 Å². The average molecular weight is 575 g/mol. The van der Waals surface area contributed by atoms with Crippen molar-refractivity contribution in [1.29, 1.82) is 0 Å². The van der Waals surface area contributed by atoms with E-state index in [9.17, 15) is 40.7 Å². The number of amides is 1. The maximum atomic E-state index is 13.4. The number of rotatable bonds is 9. The van der Waals surface area contributed by atoms with E-state index < -0.39 is 59.0 Å². The van der Waals surface area contributed by atoms with Crippen molar-refractivity contribution in [3.05, 3.63) is 70.8 Å². The molecule has 1 aliphatic heterocycles. The first kappa shape index (κ1) is 30.9. The predicted molar refractivity (Wildman–Crippen MR) is 130 cm³/mol. The minimum absolute atomic E-state index is 0.0183. The molecule has 2 aromatic carbocycles. The van der Waals surface area contributed by atoms with Crippen LogP contribution in [0.4, 0.5) is 26.3 Å². The zero-order valence-electron chi connectivity index (χ0n) is 21.4. The van der Waals surface area contributed by atoms with Crippen LogP contribution in [0, 0.1) is 5.92 Å². The normalized spacial score (nSPS) is 18.7. The lowest BCUT2D eigenvalue weighted by atomic mass is 9.87. The van der Waals surface area contributed by atoms with Gasteiger partial charge in [0.25, 0.3) is 5.91 Å². The molecule has 1 unspecified atom stereocenters. The summed E-state index contributed by atoms with van der Waals surface area (Å²) in [5.41, 5.74) is -3.06. The molecule has 0 aromatic heterocycles. The van der Waals surface area contributed by atoms with Gasteiger partial charge in [-0.05, 0) is 55.9 Å². The van der Waals surface area contributed by atoms with Gasteiger partial charge in [-0.2, -0.15) is 26.3 Å². The van der Waals surface area contributed by atoms with Crippen LogP contribution in [0.5, 0.6) is 0 Å². The van der Waals surface area contributed by atoms with Gasteiger partial charge in [0, 0.05) is 18.2 Å². The van der Waals surface area contributed by atoms with Crippen LogP contribution >= 0.6 is 0 Å². The van der Waals surface area contributed by atoms with E-state index in [2.05, 4.69) is 5.32 Å². The Bertz CT molecular complexity index is 1170. The van der Waals surface area contributed by atoms with Crippen molar-refractivity contribution in [2.24, 2.45) is 5.92 Å². The number of aliphatic carboxylic acids is 1. The fraction of sp³-hybridized carbons (Fsp3) is 0.444. The molecule has 1 heterocycles. The number of halogens is 6. The Hall–Kier alpha value is -3.61. The molecule has 1 amide bonds. The summed E-state index contributed by atoms with van der Waals surface area (Å²) in [6.45, 7) is 0.995. The van der Waals surface area contributed by atoms with Crippen molar-refractivity contribution >= 4 is 17.8 Å². The van der Waals surface area contributed by atoms with Crippen LogP contribution in [0.3, 0.4) is 0 Å². The number of hydrogen-bond donors (Lipinski definition) is 2. The number of esters is 1. The SMILES string of the molecule is C[C@@H](NCC(=O)OC[C@H]1CCN(C(=O)c2cc(C(F)(F)F)cc(C(F)(F)F)c2)C(Cc2ccccc2)C1)C(=O)O. The van der Waals surface area contributed by atoms with E-state index in [-0.39, 0.29) is 50.9 Å². The van der Waals surface area contributed by atoms with E-state index in [1.165, 1.54) is 11.8 Å². The standard InChI is InChI=1S/C27H28F6N2O5/c1-16(25(38)39)34-14-23(36)40-15-18-7-8-35(22(10-18)9-17-5-3-2-4-6-17)24(37)19-11-20(26(28,29)30)13-21(12-19)27(31,32)33/h2-6,11-13,16,18,22,34H,7-10,14-15H2,1H3,(H,38,39)/t16-,18+,22?/m1/s1. The average Bonchev–Trinajstić information content (AvgIpc) is 2.89. The van der Waals surface area contributed by atoms with Crippen LogP contribution in [-0.4, -0.2) is 59.6 Å². The van der Waals surface area contributed by atoms with Gasteiger partial charge in [0.2, 0.25) is 0 Å². The van der Waals surface area contributed by atoms with Crippen molar-refractivity contribution in [3.63, 3.8) is 0 Å². The third-order valence-corrected chi connectivity index (χ3v) is 6.64. The van der Waals surface area contributed by atoms with Gasteiger partial charge >= 0.3 is 24.3 Å². The summed E-state index contributed by atoms with van der Waals surface area (Å²) < 4.78 is 85.5. The van der Waals surface area contributed by atoms with E-state index in [1.807, 2.05) is 0 Å². The highest BCUT2D eigenvalue weighted by atomic mass is 19.4. The summed E-state index contributed by atoms with van der Waals surface area (Å²) in [5.74, 6) is -3.03. The highest BCUT2D eigenvalue weighted by Crippen LogP contribution is 2.37. The molecule has 0 saturated carbocycles. The summed E-state index contributed by atoms with van der Waals surface area (Å²) >= 11 is 0. The number of carboxylic acid groups (broad SMARTS) is 1. The second-order valence-corrected chi connectivity index (χ2v) is 9.65. The molecule has 2 aromatic rings. The molecule has 3 atom stereocenters. The molecule has 1 aliphatic rings. The van der Waals surface area contributed by atoms with Crippen LogP contribution in [0.25, 0.3) is 0 Å². The quantitative estimate of drug-likeness (QED) is 0.330. The molecule has 0 bridgehead atoms. The highest BCUT2D eigenvalue weighted by molar-refractivity contribution is 5.95. The molecule has 7 nitrogen and oxygen atoms in total. The number of piperidine rings is 1. The van der Waals surface area contributed by atoms with Gasteiger partial charge in [0.1, 0.15) is 6.04 Å². The lowest BCUT2D eigenvalue weighted by Crippen LogP contribution is -2.48. The number of ether oxygens (including phenoxy) is 1. The predicted octanol–water partition coefficient (Wildman–Crippen LogP) is 4.79. The molecule has 1 fully saturated rings. The van der Waals surface area contributed by atoms with Crippen molar-refractivity contribution in [2.45, 2.75) is 50.6 Å². The van der Waals surface area contributed by atoms with E-state index in [0.29, 0.717) is 12.1 Å². The minimum atomic E-state index is -5.09. The second kappa shape index (κ2) is 12.7. The van der Waals surface area contributed by atoms with Gasteiger partial charge in [0.15, 0.2) is 0 Å². The van der Waals surface area contributed by atoms with Crippen molar-refractivity contribution < 1.29 is 50.6 Å². The number of hydrogen-bond acceptors (Lipinski definition) is 5. The summed E-state index contributed by atoms with van der Waals surface area (Å²) in [7, 11) is 0. The number of carboxylic acids is 1. The molecule has 1 saturated heterocycles. The van der Waals surface area contributed by atoms with Gasteiger partial charge in [-0.3, -0.25) is 19.7 Å². The van der Waals surface area contributed by atoms with Crippen LogP contribution in [-0.2, 0) is 33.1 Å². The van der Waals surface area contributed by atoms with E-state index >= 15 is 0 Å². The van der Waals surface area contributed by atoms with Crippen LogP contribution in [0.15, 0.2) is 48.5 Å². The summed E-state index contributed by atoms with van der Waals surface area (Å²) in [4.78, 5) is 37.6. The van der Waals surface area contributed by atoms with Gasteiger partial charge in [-0.1, -0.05) is 30.3 Å². The van der Waals surface area contributed by atoms with Crippen LogP contribution < -0.4 is 5.32 Å². The molecule has 0 spiro atoms. The molecule has 0 aliphatic carbocycles. The smallest absolute Gasteiger partial charge is 0.416 e. The third-order valence-electron chi connectivity index (χ3n) is 6.64. The Labute approximate surface area is 226 Å². The fourth-order valence-corrected chi connectivity index (χ4v) is 4.46. The van der Waals surface area contributed by atoms with E-state index in [0.717, 1.165) is 5.56 Å². The minimum Gasteiger partial charge on any atom is -0.480 e. The Kier molecular flexibility index (Phi) is 9.82. The first-order valence-corrected chi connectivity index (χ1v) is 12.4. The molecular formula is C27H28F6N2O5. The lowest BCUT2D eigenvalue weighted by molar-refractivity contribution is -0.146. The molecule has 218 valence electrons. The number of carbonyl (C=O) groups is 3. The number of alkyl halides is 6. The number of nitrogens with zero attached hydrogens (tertiary/aromatic N) is 1. The fourth-order valence-electron chi connectivity index (χ4n) is 4.46. The maximum Gasteiger partial charge on any atom is 0.416 e. The molecule has 2 N–H and O–H groups in total. The van der Waals surface area contributed by atoms with Gasteiger partial charge in [0.05, 0.1) is 24.3 Å². The maximum absolute atomic E-state index is 13.4. The zero-order chi connectivity index (χ0) is 29.7. The lowest BCUT2D eigenvalue weighted by Gasteiger charge is -2.40.